The second-order valence-corrected chi connectivity index (χ2v) is 8.79. The molecule has 7 nitrogen and oxygen atoms in total. The fourth-order valence-electron chi connectivity index (χ4n) is 3.69. The fourth-order valence-corrected chi connectivity index (χ4v) is 3.69. The molecule has 0 atom stereocenters. The molecule has 0 radical (unpaired) electrons. The van der Waals surface area contributed by atoms with Gasteiger partial charge in [-0.05, 0) is 66.6 Å². The quantitative estimate of drug-likeness (QED) is 0.102. The van der Waals surface area contributed by atoms with Crippen LogP contribution in [0.2, 0.25) is 0 Å². The molecule has 38 heavy (non-hydrogen) atoms. The molecule has 0 aromatic heterocycles. The molecule has 0 saturated carbocycles. The molecule has 0 aliphatic carbocycles. The molecule has 3 rings (SSSR count). The Balaban J connectivity index is 1.59. The number of esters is 2. The van der Waals surface area contributed by atoms with Gasteiger partial charge in [-0.2, -0.15) is 5.26 Å². The number of benzene rings is 3. The van der Waals surface area contributed by atoms with Crippen LogP contribution in [0.15, 0.2) is 66.7 Å². The molecule has 0 bridgehead atoms. The molecule has 0 fully saturated rings. The van der Waals surface area contributed by atoms with Crippen molar-refractivity contribution in [3.63, 3.8) is 0 Å². The summed E-state index contributed by atoms with van der Waals surface area (Å²) >= 11 is 0. The summed E-state index contributed by atoms with van der Waals surface area (Å²) in [6.07, 6.45) is 7.65. The Morgan fingerprint density at radius 1 is 0.868 bits per heavy atom. The zero-order chi connectivity index (χ0) is 27.2. The van der Waals surface area contributed by atoms with E-state index < -0.39 is 11.9 Å². The molecule has 0 amide bonds. The van der Waals surface area contributed by atoms with Crippen molar-refractivity contribution < 1.29 is 28.6 Å². The van der Waals surface area contributed by atoms with Crippen molar-refractivity contribution in [1.29, 1.82) is 5.26 Å². The maximum Gasteiger partial charge on any atom is 0.343 e. The first-order valence-electron chi connectivity index (χ1n) is 12.7. The molecule has 0 unspecified atom stereocenters. The number of aldehydes is 1. The standard InChI is InChI=1S/C31H31NO6/c1-2-3-4-5-6-7-18-36-27-15-13-26(14-16-27)30(34)38-29-17-12-25(21-33)19-28(29)31(35)37-22-24-10-8-23(20-32)9-11-24/h8-17,19,21H,2-7,18,22H2,1H3. The highest BCUT2D eigenvalue weighted by molar-refractivity contribution is 5.97. The Morgan fingerprint density at radius 2 is 1.58 bits per heavy atom. The van der Waals surface area contributed by atoms with Gasteiger partial charge >= 0.3 is 11.9 Å². The van der Waals surface area contributed by atoms with Crippen molar-refractivity contribution >= 4 is 18.2 Å². The van der Waals surface area contributed by atoms with Gasteiger partial charge in [-0.3, -0.25) is 4.79 Å². The Hall–Kier alpha value is -4.44. The van der Waals surface area contributed by atoms with Gasteiger partial charge in [-0.1, -0.05) is 51.2 Å². The predicted molar refractivity (Wildman–Crippen MR) is 142 cm³/mol. The lowest BCUT2D eigenvalue weighted by atomic mass is 10.1. The topological polar surface area (TPSA) is 103 Å². The van der Waals surface area contributed by atoms with Gasteiger partial charge in [0.2, 0.25) is 0 Å². The van der Waals surface area contributed by atoms with Crippen LogP contribution >= 0.6 is 0 Å². The predicted octanol–water partition coefficient (Wildman–Crippen LogP) is 6.69. The van der Waals surface area contributed by atoms with Crippen LogP contribution in [0.5, 0.6) is 11.5 Å². The van der Waals surface area contributed by atoms with E-state index in [2.05, 4.69) is 6.92 Å². The number of hydrogen-bond acceptors (Lipinski definition) is 7. The Kier molecular flexibility index (Phi) is 11.1. The van der Waals surface area contributed by atoms with E-state index in [0.717, 1.165) is 12.8 Å². The van der Waals surface area contributed by atoms with Crippen molar-refractivity contribution in [1.82, 2.24) is 0 Å². The molecule has 196 valence electrons. The van der Waals surface area contributed by atoms with Crippen LogP contribution in [-0.2, 0) is 11.3 Å². The van der Waals surface area contributed by atoms with Gasteiger partial charge in [-0.15, -0.1) is 0 Å². The van der Waals surface area contributed by atoms with Crippen LogP contribution in [0.25, 0.3) is 0 Å². The summed E-state index contributed by atoms with van der Waals surface area (Å²) in [5.74, 6) is -0.766. The number of nitrogens with zero attached hydrogens (tertiary/aromatic N) is 1. The number of unbranched alkanes of at least 4 members (excludes halogenated alkanes) is 5. The molecular formula is C31H31NO6. The van der Waals surface area contributed by atoms with Gasteiger partial charge in [0.15, 0.2) is 0 Å². The molecular weight excluding hydrogens is 482 g/mol. The van der Waals surface area contributed by atoms with Gasteiger partial charge in [0, 0.05) is 5.56 Å². The molecule has 0 aliphatic heterocycles. The van der Waals surface area contributed by atoms with Crippen LogP contribution in [0, 0.1) is 11.3 Å². The Morgan fingerprint density at radius 3 is 2.26 bits per heavy atom. The van der Waals surface area contributed by atoms with E-state index in [4.69, 9.17) is 19.5 Å². The maximum atomic E-state index is 12.8. The Labute approximate surface area is 223 Å². The minimum Gasteiger partial charge on any atom is -0.494 e. The van der Waals surface area contributed by atoms with Gasteiger partial charge < -0.3 is 14.2 Å². The molecule has 3 aromatic carbocycles. The van der Waals surface area contributed by atoms with E-state index in [1.807, 2.05) is 6.07 Å². The van der Waals surface area contributed by atoms with Crippen LogP contribution in [0.1, 0.15) is 87.6 Å². The van der Waals surface area contributed by atoms with Crippen LogP contribution < -0.4 is 9.47 Å². The average molecular weight is 514 g/mol. The number of carbonyl (C=O) groups is 3. The van der Waals surface area contributed by atoms with E-state index in [0.29, 0.717) is 29.8 Å². The average Bonchev–Trinajstić information content (AvgIpc) is 2.96. The van der Waals surface area contributed by atoms with Gasteiger partial charge in [-0.25, -0.2) is 9.59 Å². The minimum atomic E-state index is -0.751. The van der Waals surface area contributed by atoms with Crippen molar-refractivity contribution in [2.75, 3.05) is 6.61 Å². The zero-order valence-corrected chi connectivity index (χ0v) is 21.5. The zero-order valence-electron chi connectivity index (χ0n) is 21.5. The third-order valence-corrected chi connectivity index (χ3v) is 5.87. The SMILES string of the molecule is CCCCCCCCOc1ccc(C(=O)Oc2ccc(C=O)cc2C(=O)OCc2ccc(C#N)cc2)cc1. The lowest BCUT2D eigenvalue weighted by Crippen LogP contribution is -2.13. The number of ether oxygens (including phenoxy) is 3. The van der Waals surface area contributed by atoms with E-state index in [9.17, 15) is 14.4 Å². The normalized spacial score (nSPS) is 10.3. The highest BCUT2D eigenvalue weighted by Gasteiger charge is 2.19. The molecule has 0 saturated heterocycles. The summed E-state index contributed by atoms with van der Waals surface area (Å²) in [6, 6.07) is 19.4. The maximum absolute atomic E-state index is 12.8. The van der Waals surface area contributed by atoms with Crippen molar-refractivity contribution in [2.45, 2.75) is 52.1 Å². The molecule has 0 aliphatic rings. The summed E-state index contributed by atoms with van der Waals surface area (Å²) in [5.41, 5.74) is 1.65. The summed E-state index contributed by atoms with van der Waals surface area (Å²) < 4.78 is 16.6. The monoisotopic (exact) mass is 513 g/mol. The first-order valence-corrected chi connectivity index (χ1v) is 12.7. The van der Waals surface area contributed by atoms with E-state index >= 15 is 0 Å². The van der Waals surface area contributed by atoms with E-state index in [-0.39, 0.29) is 29.0 Å². The lowest BCUT2D eigenvalue weighted by molar-refractivity contribution is 0.0467. The third kappa shape index (κ3) is 8.59. The molecule has 3 aromatic rings. The van der Waals surface area contributed by atoms with Gasteiger partial charge in [0.1, 0.15) is 30.0 Å². The smallest absolute Gasteiger partial charge is 0.343 e. The van der Waals surface area contributed by atoms with Crippen molar-refractivity contribution in [3.05, 3.63) is 94.5 Å². The fraction of sp³-hybridized carbons (Fsp3) is 0.290. The largest absolute Gasteiger partial charge is 0.494 e. The van der Waals surface area contributed by atoms with Crippen LogP contribution in [-0.4, -0.2) is 24.8 Å². The lowest BCUT2D eigenvalue weighted by Gasteiger charge is -2.11. The second-order valence-electron chi connectivity index (χ2n) is 8.79. The number of rotatable bonds is 14. The summed E-state index contributed by atoms with van der Waals surface area (Å²) in [7, 11) is 0. The highest BCUT2D eigenvalue weighted by Crippen LogP contribution is 2.23. The summed E-state index contributed by atoms with van der Waals surface area (Å²) in [5, 5.41) is 8.91. The molecule has 0 heterocycles. The van der Waals surface area contributed by atoms with Crippen LogP contribution in [0.3, 0.4) is 0 Å². The first kappa shape index (κ1) is 28.1. The van der Waals surface area contributed by atoms with Crippen molar-refractivity contribution in [2.24, 2.45) is 0 Å². The van der Waals surface area contributed by atoms with E-state index in [1.54, 1.807) is 48.5 Å². The minimum absolute atomic E-state index is 0.0196. The number of hydrogen-bond donors (Lipinski definition) is 0. The molecule has 7 heteroatoms. The van der Waals surface area contributed by atoms with Crippen molar-refractivity contribution in [3.8, 4) is 17.6 Å². The first-order chi connectivity index (χ1) is 18.5. The number of carbonyl (C=O) groups excluding carboxylic acids is 3. The molecule has 0 N–H and O–H groups in total. The third-order valence-electron chi connectivity index (χ3n) is 5.87. The Bertz CT molecular complexity index is 1260. The highest BCUT2D eigenvalue weighted by atomic mass is 16.5. The second kappa shape index (κ2) is 15.0. The van der Waals surface area contributed by atoms with Crippen LogP contribution in [0.4, 0.5) is 0 Å². The summed E-state index contributed by atoms with van der Waals surface area (Å²) in [6.45, 7) is 2.76. The van der Waals surface area contributed by atoms with Gasteiger partial charge in [0.25, 0.3) is 0 Å². The number of nitriles is 1. The molecule has 0 spiro atoms. The van der Waals surface area contributed by atoms with Gasteiger partial charge in [0.05, 0.1) is 23.8 Å². The van der Waals surface area contributed by atoms with E-state index in [1.165, 1.54) is 43.9 Å². The summed E-state index contributed by atoms with van der Waals surface area (Å²) in [4.78, 5) is 36.8.